The van der Waals surface area contributed by atoms with E-state index >= 15 is 0 Å². The maximum Gasteiger partial charge on any atom is 0.129 e. The summed E-state index contributed by atoms with van der Waals surface area (Å²) in [6.07, 6.45) is -0.478. The molecule has 2 N–H and O–H groups in total. The normalized spacial score (nSPS) is 13.7. The van der Waals surface area contributed by atoms with Gasteiger partial charge in [-0.15, -0.1) is 0 Å². The smallest absolute Gasteiger partial charge is 0.129 e. The van der Waals surface area contributed by atoms with Gasteiger partial charge in [0.25, 0.3) is 0 Å². The van der Waals surface area contributed by atoms with Crippen LogP contribution in [0.1, 0.15) is 24.2 Å². The van der Waals surface area contributed by atoms with Crippen LogP contribution in [0.4, 0.5) is 4.39 Å². The van der Waals surface area contributed by atoms with Crippen molar-refractivity contribution in [2.75, 3.05) is 7.11 Å². The molecule has 0 heterocycles. The van der Waals surface area contributed by atoms with E-state index < -0.39 is 6.10 Å². The molecule has 2 rings (SSSR count). The first-order valence-corrected chi connectivity index (χ1v) is 6.86. The van der Waals surface area contributed by atoms with Gasteiger partial charge in [0.05, 0.1) is 13.7 Å². The molecule has 0 aliphatic rings. The highest BCUT2D eigenvalue weighted by Crippen LogP contribution is 2.24. The van der Waals surface area contributed by atoms with E-state index in [4.69, 9.17) is 15.2 Å². The van der Waals surface area contributed by atoms with E-state index in [9.17, 15) is 4.39 Å². The summed E-state index contributed by atoms with van der Waals surface area (Å²) < 4.78 is 24.8. The second-order valence-electron chi connectivity index (χ2n) is 4.96. The van der Waals surface area contributed by atoms with Gasteiger partial charge in [0.1, 0.15) is 17.7 Å². The molecule has 2 atom stereocenters. The molecule has 0 fully saturated rings. The van der Waals surface area contributed by atoms with Crippen molar-refractivity contribution in [1.29, 1.82) is 0 Å². The molecule has 0 amide bonds. The Hall–Kier alpha value is -1.91. The van der Waals surface area contributed by atoms with Crippen molar-refractivity contribution in [1.82, 2.24) is 0 Å². The molecule has 0 saturated carbocycles. The Balaban J connectivity index is 2.08. The number of benzene rings is 2. The molecule has 3 nitrogen and oxygen atoms in total. The molecule has 112 valence electrons. The van der Waals surface area contributed by atoms with E-state index in [0.717, 1.165) is 11.3 Å². The Bertz CT molecular complexity index is 569. The van der Waals surface area contributed by atoms with E-state index in [0.29, 0.717) is 12.2 Å². The molecule has 2 aromatic rings. The van der Waals surface area contributed by atoms with Gasteiger partial charge in [0.15, 0.2) is 0 Å². The monoisotopic (exact) mass is 289 g/mol. The van der Waals surface area contributed by atoms with E-state index in [2.05, 4.69) is 0 Å². The summed E-state index contributed by atoms with van der Waals surface area (Å²) in [5.74, 6) is 0.492. The van der Waals surface area contributed by atoms with Crippen LogP contribution in [0, 0.1) is 5.82 Å². The zero-order valence-electron chi connectivity index (χ0n) is 12.3. The van der Waals surface area contributed by atoms with E-state index in [1.165, 1.54) is 6.07 Å². The van der Waals surface area contributed by atoms with Crippen molar-refractivity contribution in [2.24, 2.45) is 5.73 Å². The minimum atomic E-state index is -0.478. The fraction of sp³-hybridized carbons (Fsp3) is 0.294. The Labute approximate surface area is 124 Å². The van der Waals surface area contributed by atoms with Crippen molar-refractivity contribution < 1.29 is 13.9 Å². The Morgan fingerprint density at radius 3 is 2.33 bits per heavy atom. The van der Waals surface area contributed by atoms with Crippen molar-refractivity contribution in [2.45, 2.75) is 25.7 Å². The summed E-state index contributed by atoms with van der Waals surface area (Å²) in [4.78, 5) is 0. The Morgan fingerprint density at radius 1 is 1.10 bits per heavy atom. The summed E-state index contributed by atoms with van der Waals surface area (Å²) in [7, 11) is 1.62. The zero-order chi connectivity index (χ0) is 15.2. The fourth-order valence-electron chi connectivity index (χ4n) is 2.14. The van der Waals surface area contributed by atoms with Gasteiger partial charge in [-0.25, -0.2) is 4.39 Å². The number of halogens is 1. The molecule has 0 aliphatic carbocycles. The lowest BCUT2D eigenvalue weighted by atomic mass is 10.0. The predicted molar refractivity (Wildman–Crippen MR) is 80.6 cm³/mol. The zero-order valence-corrected chi connectivity index (χ0v) is 12.3. The lowest BCUT2D eigenvalue weighted by molar-refractivity contribution is 0.0236. The van der Waals surface area contributed by atoms with Gasteiger partial charge >= 0.3 is 0 Å². The van der Waals surface area contributed by atoms with Gasteiger partial charge < -0.3 is 15.2 Å². The number of rotatable bonds is 6. The van der Waals surface area contributed by atoms with Crippen molar-refractivity contribution in [3.8, 4) is 5.75 Å². The molecule has 4 heteroatoms. The van der Waals surface area contributed by atoms with Crippen LogP contribution >= 0.6 is 0 Å². The lowest BCUT2D eigenvalue weighted by Crippen LogP contribution is -2.27. The molecular formula is C17H20FNO2. The second-order valence-corrected chi connectivity index (χ2v) is 4.96. The molecule has 0 bridgehead atoms. The average Bonchev–Trinajstić information content (AvgIpc) is 2.49. The van der Waals surface area contributed by atoms with Gasteiger partial charge in [-0.3, -0.25) is 0 Å². The van der Waals surface area contributed by atoms with Crippen LogP contribution in [-0.2, 0) is 11.3 Å². The maximum absolute atomic E-state index is 13.9. The van der Waals surface area contributed by atoms with Crippen LogP contribution in [0.25, 0.3) is 0 Å². The average molecular weight is 289 g/mol. The Kier molecular flexibility index (Phi) is 5.31. The van der Waals surface area contributed by atoms with Gasteiger partial charge in [-0.2, -0.15) is 0 Å². The Morgan fingerprint density at radius 2 is 1.76 bits per heavy atom. The molecule has 0 saturated heterocycles. The minimum absolute atomic E-state index is 0.297. The molecule has 21 heavy (non-hydrogen) atoms. The van der Waals surface area contributed by atoms with Gasteiger partial charge in [0.2, 0.25) is 0 Å². The van der Waals surface area contributed by atoms with Crippen molar-refractivity contribution in [3.63, 3.8) is 0 Å². The van der Waals surface area contributed by atoms with Crippen LogP contribution in [0.15, 0.2) is 48.5 Å². The van der Waals surface area contributed by atoms with Crippen LogP contribution in [-0.4, -0.2) is 13.2 Å². The molecule has 2 unspecified atom stereocenters. The first-order valence-electron chi connectivity index (χ1n) is 6.86. The van der Waals surface area contributed by atoms with Crippen molar-refractivity contribution >= 4 is 0 Å². The first kappa shape index (κ1) is 15.5. The highest BCUT2D eigenvalue weighted by molar-refractivity contribution is 5.27. The summed E-state index contributed by atoms with van der Waals surface area (Å²) in [5, 5.41) is 0. The molecule has 0 spiro atoms. The SMILES string of the molecule is COc1ccc(COC(c2ccccc2F)C(C)N)cc1. The highest BCUT2D eigenvalue weighted by Gasteiger charge is 2.20. The maximum atomic E-state index is 13.9. The van der Waals surface area contributed by atoms with Crippen LogP contribution < -0.4 is 10.5 Å². The molecule has 0 aromatic heterocycles. The first-order chi connectivity index (χ1) is 10.1. The third-order valence-corrected chi connectivity index (χ3v) is 3.28. The van der Waals surface area contributed by atoms with Crippen LogP contribution in [0.2, 0.25) is 0 Å². The van der Waals surface area contributed by atoms with Gasteiger partial charge in [-0.05, 0) is 30.7 Å². The summed E-state index contributed by atoms with van der Waals surface area (Å²) in [6, 6.07) is 13.8. The molecule has 0 radical (unpaired) electrons. The van der Waals surface area contributed by atoms with E-state index in [1.54, 1.807) is 25.3 Å². The van der Waals surface area contributed by atoms with Crippen LogP contribution in [0.3, 0.4) is 0 Å². The summed E-state index contributed by atoms with van der Waals surface area (Å²) in [6.45, 7) is 2.18. The number of hydrogen-bond donors (Lipinski definition) is 1. The van der Waals surface area contributed by atoms with Crippen molar-refractivity contribution in [3.05, 3.63) is 65.5 Å². The third-order valence-electron chi connectivity index (χ3n) is 3.28. The number of hydrogen-bond acceptors (Lipinski definition) is 3. The van der Waals surface area contributed by atoms with Gasteiger partial charge in [-0.1, -0.05) is 30.3 Å². The van der Waals surface area contributed by atoms with E-state index in [-0.39, 0.29) is 11.9 Å². The topological polar surface area (TPSA) is 44.5 Å². The minimum Gasteiger partial charge on any atom is -0.497 e. The third kappa shape index (κ3) is 4.03. The highest BCUT2D eigenvalue weighted by atomic mass is 19.1. The molecule has 2 aromatic carbocycles. The van der Waals surface area contributed by atoms with Crippen LogP contribution in [0.5, 0.6) is 5.75 Å². The van der Waals surface area contributed by atoms with Gasteiger partial charge in [0, 0.05) is 11.6 Å². The standard InChI is InChI=1S/C17H20FNO2/c1-12(19)17(15-5-3-4-6-16(15)18)21-11-13-7-9-14(20-2)10-8-13/h3-10,12,17H,11,19H2,1-2H3. The quantitative estimate of drug-likeness (QED) is 0.886. The number of methoxy groups -OCH3 is 1. The van der Waals surface area contributed by atoms with E-state index in [1.807, 2.05) is 31.2 Å². The molecule has 0 aliphatic heterocycles. The molecular weight excluding hydrogens is 269 g/mol. The summed E-state index contributed by atoms with van der Waals surface area (Å²) >= 11 is 0. The lowest BCUT2D eigenvalue weighted by Gasteiger charge is -2.22. The number of ether oxygens (including phenoxy) is 2. The largest absolute Gasteiger partial charge is 0.497 e. The fourth-order valence-corrected chi connectivity index (χ4v) is 2.14. The summed E-state index contributed by atoms with van der Waals surface area (Å²) in [5.41, 5.74) is 7.41. The second kappa shape index (κ2) is 7.20. The number of nitrogens with two attached hydrogens (primary N) is 1. The predicted octanol–water partition coefficient (Wildman–Crippen LogP) is 3.44.